The van der Waals surface area contributed by atoms with Gasteiger partial charge in [-0.15, -0.1) is 0 Å². The first-order chi connectivity index (χ1) is 12.1. The first kappa shape index (κ1) is 20.7. The van der Waals surface area contributed by atoms with Gasteiger partial charge in [0.25, 0.3) is 0 Å². The van der Waals surface area contributed by atoms with Gasteiger partial charge in [0.1, 0.15) is 0 Å². The highest BCUT2D eigenvalue weighted by Crippen LogP contribution is 2.21. The Bertz CT molecular complexity index is 853. The SMILES string of the molecule is C[C@@H](NC(=O)C[C@@H](NS(C)(=O)=O)c1ccc(Cl)cc1)c1ccc(Cl)cc1. The Morgan fingerprint density at radius 1 is 0.962 bits per heavy atom. The van der Waals surface area contributed by atoms with Crippen molar-refractivity contribution < 1.29 is 13.2 Å². The first-order valence-corrected chi connectivity index (χ1v) is 10.6. The van der Waals surface area contributed by atoms with Crippen molar-refractivity contribution in [3.8, 4) is 0 Å². The van der Waals surface area contributed by atoms with Gasteiger partial charge in [0.2, 0.25) is 15.9 Å². The number of hydrogen-bond donors (Lipinski definition) is 2. The molecule has 140 valence electrons. The summed E-state index contributed by atoms with van der Waals surface area (Å²) < 4.78 is 25.8. The van der Waals surface area contributed by atoms with Crippen LogP contribution in [0.25, 0.3) is 0 Å². The van der Waals surface area contributed by atoms with Crippen LogP contribution in [0.5, 0.6) is 0 Å². The molecule has 0 aliphatic carbocycles. The van der Waals surface area contributed by atoms with E-state index in [-0.39, 0.29) is 18.4 Å². The zero-order valence-corrected chi connectivity index (χ0v) is 16.7. The monoisotopic (exact) mass is 414 g/mol. The lowest BCUT2D eigenvalue weighted by Crippen LogP contribution is -2.34. The number of hydrogen-bond acceptors (Lipinski definition) is 3. The predicted molar refractivity (Wildman–Crippen MR) is 105 cm³/mol. The Labute approximate surface area is 163 Å². The van der Waals surface area contributed by atoms with Crippen molar-refractivity contribution in [1.82, 2.24) is 10.0 Å². The standard InChI is InChI=1S/C18H20Cl2N2O3S/c1-12(13-3-7-15(19)8-4-13)21-18(23)11-17(22-26(2,24)25)14-5-9-16(20)10-6-14/h3-10,12,17,22H,11H2,1-2H3,(H,21,23)/t12-,17-/m1/s1. The van der Waals surface area contributed by atoms with Gasteiger partial charge in [-0.05, 0) is 42.3 Å². The highest BCUT2D eigenvalue weighted by molar-refractivity contribution is 7.88. The van der Waals surface area contributed by atoms with Crippen molar-refractivity contribution in [2.75, 3.05) is 6.26 Å². The maximum atomic E-state index is 12.4. The van der Waals surface area contributed by atoms with Gasteiger partial charge in [0.15, 0.2) is 0 Å². The lowest BCUT2D eigenvalue weighted by atomic mass is 10.0. The molecule has 0 saturated carbocycles. The number of halogens is 2. The summed E-state index contributed by atoms with van der Waals surface area (Å²) in [4.78, 5) is 12.4. The van der Waals surface area contributed by atoms with Crippen LogP contribution >= 0.6 is 23.2 Å². The van der Waals surface area contributed by atoms with Crippen LogP contribution in [0.15, 0.2) is 48.5 Å². The summed E-state index contributed by atoms with van der Waals surface area (Å²) in [5, 5.41) is 4.02. The van der Waals surface area contributed by atoms with E-state index in [1.54, 1.807) is 36.4 Å². The van der Waals surface area contributed by atoms with Crippen LogP contribution in [0.2, 0.25) is 10.0 Å². The highest BCUT2D eigenvalue weighted by Gasteiger charge is 2.21. The third kappa shape index (κ3) is 6.61. The molecule has 0 fully saturated rings. The molecule has 26 heavy (non-hydrogen) atoms. The number of benzene rings is 2. The minimum Gasteiger partial charge on any atom is -0.350 e. The molecule has 2 N–H and O–H groups in total. The summed E-state index contributed by atoms with van der Waals surface area (Å²) in [6.45, 7) is 1.85. The average Bonchev–Trinajstić information content (AvgIpc) is 2.54. The lowest BCUT2D eigenvalue weighted by molar-refractivity contribution is -0.122. The molecule has 2 atom stereocenters. The van der Waals surface area contributed by atoms with Crippen LogP contribution < -0.4 is 10.0 Å². The van der Waals surface area contributed by atoms with Gasteiger partial charge in [-0.2, -0.15) is 0 Å². The Balaban J connectivity index is 2.10. The molecular formula is C18H20Cl2N2O3S. The smallest absolute Gasteiger partial charge is 0.222 e. The van der Waals surface area contributed by atoms with Crippen molar-refractivity contribution in [1.29, 1.82) is 0 Å². The van der Waals surface area contributed by atoms with Gasteiger partial charge in [-0.3, -0.25) is 4.79 Å². The van der Waals surface area contributed by atoms with E-state index in [1.165, 1.54) is 0 Å². The fourth-order valence-corrected chi connectivity index (χ4v) is 3.49. The Morgan fingerprint density at radius 3 is 1.88 bits per heavy atom. The zero-order chi connectivity index (χ0) is 19.3. The molecule has 0 unspecified atom stereocenters. The van der Waals surface area contributed by atoms with E-state index < -0.39 is 16.1 Å². The lowest BCUT2D eigenvalue weighted by Gasteiger charge is -2.20. The molecule has 0 bridgehead atoms. The number of carbonyl (C=O) groups is 1. The van der Waals surface area contributed by atoms with Crippen molar-refractivity contribution in [3.63, 3.8) is 0 Å². The van der Waals surface area contributed by atoms with Gasteiger partial charge in [-0.25, -0.2) is 13.1 Å². The van der Waals surface area contributed by atoms with Crippen LogP contribution in [0.1, 0.15) is 36.6 Å². The molecule has 8 heteroatoms. The topological polar surface area (TPSA) is 75.3 Å². The molecule has 2 aromatic carbocycles. The van der Waals surface area contributed by atoms with Gasteiger partial charge in [0, 0.05) is 16.5 Å². The Morgan fingerprint density at radius 2 is 1.42 bits per heavy atom. The minimum absolute atomic E-state index is 0.0351. The number of sulfonamides is 1. The van der Waals surface area contributed by atoms with Gasteiger partial charge < -0.3 is 5.32 Å². The van der Waals surface area contributed by atoms with E-state index in [1.807, 2.05) is 19.1 Å². The van der Waals surface area contributed by atoms with Gasteiger partial charge in [-0.1, -0.05) is 47.5 Å². The first-order valence-electron chi connectivity index (χ1n) is 7.91. The highest BCUT2D eigenvalue weighted by atomic mass is 35.5. The van der Waals surface area contributed by atoms with E-state index in [4.69, 9.17) is 23.2 Å². The summed E-state index contributed by atoms with van der Waals surface area (Å²) in [6, 6.07) is 13.0. The van der Waals surface area contributed by atoms with Crippen molar-refractivity contribution in [2.45, 2.75) is 25.4 Å². The molecule has 0 saturated heterocycles. The maximum Gasteiger partial charge on any atom is 0.222 e. The molecule has 0 aliphatic rings. The molecule has 0 heterocycles. The van der Waals surface area contributed by atoms with Crippen molar-refractivity contribution in [2.24, 2.45) is 0 Å². The minimum atomic E-state index is -3.49. The molecule has 0 aromatic heterocycles. The summed E-state index contributed by atoms with van der Waals surface area (Å²) >= 11 is 11.7. The fourth-order valence-electron chi connectivity index (χ4n) is 2.50. The number of rotatable bonds is 7. The molecule has 5 nitrogen and oxygen atoms in total. The quantitative estimate of drug-likeness (QED) is 0.721. The third-order valence-electron chi connectivity index (χ3n) is 3.77. The van der Waals surface area contributed by atoms with Crippen LogP contribution in [-0.2, 0) is 14.8 Å². The average molecular weight is 415 g/mol. The third-order valence-corrected chi connectivity index (χ3v) is 4.98. The second-order valence-electron chi connectivity index (χ2n) is 6.04. The predicted octanol–water partition coefficient (Wildman–Crippen LogP) is 3.85. The second kappa shape index (κ2) is 8.86. The molecule has 2 aromatic rings. The van der Waals surface area contributed by atoms with E-state index in [0.29, 0.717) is 15.6 Å². The molecule has 0 radical (unpaired) electrons. The second-order valence-corrected chi connectivity index (χ2v) is 8.69. The Kier molecular flexibility index (Phi) is 7.06. The largest absolute Gasteiger partial charge is 0.350 e. The summed E-state index contributed by atoms with van der Waals surface area (Å²) in [5.74, 6) is -0.274. The van der Waals surface area contributed by atoms with E-state index in [9.17, 15) is 13.2 Å². The molecular weight excluding hydrogens is 395 g/mol. The van der Waals surface area contributed by atoms with E-state index in [0.717, 1.165) is 11.8 Å². The van der Waals surface area contributed by atoms with Gasteiger partial charge in [0.05, 0.1) is 18.3 Å². The number of nitrogens with one attached hydrogen (secondary N) is 2. The molecule has 0 spiro atoms. The van der Waals surface area contributed by atoms with Crippen molar-refractivity contribution in [3.05, 3.63) is 69.7 Å². The normalized spacial score (nSPS) is 13.8. The molecule has 0 aliphatic heterocycles. The van der Waals surface area contributed by atoms with E-state index >= 15 is 0 Å². The maximum absolute atomic E-state index is 12.4. The molecule has 1 amide bonds. The van der Waals surface area contributed by atoms with Crippen LogP contribution in [0, 0.1) is 0 Å². The summed E-state index contributed by atoms with van der Waals surface area (Å²) in [7, 11) is -3.49. The number of amides is 1. The van der Waals surface area contributed by atoms with Crippen LogP contribution in [0.4, 0.5) is 0 Å². The zero-order valence-electron chi connectivity index (χ0n) is 14.4. The summed E-state index contributed by atoms with van der Waals surface area (Å²) in [5.41, 5.74) is 1.57. The van der Waals surface area contributed by atoms with E-state index in [2.05, 4.69) is 10.0 Å². The van der Waals surface area contributed by atoms with Crippen molar-refractivity contribution >= 4 is 39.1 Å². The Hall–Kier alpha value is -1.60. The van der Waals surface area contributed by atoms with Crippen LogP contribution in [-0.4, -0.2) is 20.6 Å². The van der Waals surface area contributed by atoms with Gasteiger partial charge >= 0.3 is 0 Å². The molecule has 2 rings (SSSR count). The summed E-state index contributed by atoms with van der Waals surface area (Å²) in [6.07, 6.45) is 1.02. The fraction of sp³-hybridized carbons (Fsp3) is 0.278. The van der Waals surface area contributed by atoms with Crippen LogP contribution in [0.3, 0.4) is 0 Å². The number of carbonyl (C=O) groups excluding carboxylic acids is 1.